The monoisotopic (exact) mass is 302 g/mol. The van der Waals surface area contributed by atoms with Gasteiger partial charge in [0, 0.05) is 23.4 Å². The number of hydrogen-bond donors (Lipinski definition) is 1. The van der Waals surface area contributed by atoms with E-state index in [2.05, 4.69) is 5.32 Å². The minimum absolute atomic E-state index is 0.0195. The lowest BCUT2D eigenvalue weighted by Crippen LogP contribution is -2.34. The normalized spacial score (nSPS) is 22.9. The lowest BCUT2D eigenvalue weighted by molar-refractivity contribution is -0.385. The number of alkyl halides is 3. The van der Waals surface area contributed by atoms with Crippen molar-refractivity contribution in [2.45, 2.75) is 44.8 Å². The molecule has 1 aromatic carbocycles. The van der Waals surface area contributed by atoms with Crippen molar-refractivity contribution in [3.8, 4) is 0 Å². The minimum atomic E-state index is -4.17. The van der Waals surface area contributed by atoms with Gasteiger partial charge in [-0.2, -0.15) is 13.2 Å². The molecule has 1 fully saturated rings. The average Bonchev–Trinajstić information content (AvgIpc) is 2.40. The molecule has 0 spiro atoms. The van der Waals surface area contributed by atoms with E-state index in [0.717, 1.165) is 0 Å². The largest absolute Gasteiger partial charge is 0.391 e. The summed E-state index contributed by atoms with van der Waals surface area (Å²) in [5.41, 5.74) is 0.969. The van der Waals surface area contributed by atoms with E-state index in [-0.39, 0.29) is 24.6 Å². The van der Waals surface area contributed by atoms with Crippen molar-refractivity contribution in [1.82, 2.24) is 0 Å². The van der Waals surface area contributed by atoms with Crippen molar-refractivity contribution in [2.24, 2.45) is 5.92 Å². The SMILES string of the molecule is Cc1c(NC2CCCC(C(F)(F)F)C2)cccc1[N+](=O)[O-]. The summed E-state index contributed by atoms with van der Waals surface area (Å²) in [6.07, 6.45) is -2.83. The Labute approximate surface area is 120 Å². The first-order valence-electron chi connectivity index (χ1n) is 6.86. The third-order valence-corrected chi connectivity index (χ3v) is 4.00. The Balaban J connectivity index is 2.12. The average molecular weight is 302 g/mol. The van der Waals surface area contributed by atoms with Crippen molar-refractivity contribution >= 4 is 11.4 Å². The number of benzene rings is 1. The Morgan fingerprint density at radius 2 is 2.05 bits per heavy atom. The van der Waals surface area contributed by atoms with E-state index in [1.54, 1.807) is 13.0 Å². The van der Waals surface area contributed by atoms with Gasteiger partial charge in [-0.3, -0.25) is 10.1 Å². The van der Waals surface area contributed by atoms with Crippen LogP contribution in [0.2, 0.25) is 0 Å². The summed E-state index contributed by atoms with van der Waals surface area (Å²) in [5, 5.41) is 13.9. The summed E-state index contributed by atoms with van der Waals surface area (Å²) in [5.74, 6) is -1.29. The van der Waals surface area contributed by atoms with Gasteiger partial charge in [-0.1, -0.05) is 12.5 Å². The zero-order chi connectivity index (χ0) is 15.6. The first kappa shape index (κ1) is 15.6. The first-order valence-corrected chi connectivity index (χ1v) is 6.86. The molecule has 2 atom stereocenters. The van der Waals surface area contributed by atoms with Crippen molar-refractivity contribution in [1.29, 1.82) is 0 Å². The van der Waals surface area contributed by atoms with Crippen LogP contribution in [-0.2, 0) is 0 Å². The molecule has 0 aromatic heterocycles. The molecule has 7 heteroatoms. The fourth-order valence-electron chi connectivity index (χ4n) is 2.82. The van der Waals surface area contributed by atoms with E-state index in [1.165, 1.54) is 12.1 Å². The molecule has 1 N–H and O–H groups in total. The topological polar surface area (TPSA) is 55.2 Å². The number of rotatable bonds is 3. The molecule has 0 saturated heterocycles. The van der Waals surface area contributed by atoms with Gasteiger partial charge < -0.3 is 5.32 Å². The highest BCUT2D eigenvalue weighted by Gasteiger charge is 2.42. The van der Waals surface area contributed by atoms with Gasteiger partial charge in [0.1, 0.15) is 0 Å². The summed E-state index contributed by atoms with van der Waals surface area (Å²) in [4.78, 5) is 10.4. The van der Waals surface area contributed by atoms with Crippen LogP contribution in [-0.4, -0.2) is 17.1 Å². The predicted molar refractivity (Wildman–Crippen MR) is 73.3 cm³/mol. The van der Waals surface area contributed by atoms with Crippen LogP contribution in [0.5, 0.6) is 0 Å². The number of nitrogens with one attached hydrogen (secondary N) is 1. The molecule has 116 valence electrons. The highest BCUT2D eigenvalue weighted by molar-refractivity contribution is 5.60. The summed E-state index contributed by atoms with van der Waals surface area (Å²) in [6.45, 7) is 1.60. The van der Waals surface area contributed by atoms with Crippen LogP contribution in [0.25, 0.3) is 0 Å². The van der Waals surface area contributed by atoms with Crippen molar-refractivity contribution in [2.75, 3.05) is 5.32 Å². The number of nitro groups is 1. The van der Waals surface area contributed by atoms with Crippen LogP contribution in [0.4, 0.5) is 24.5 Å². The molecule has 0 radical (unpaired) electrons. The lowest BCUT2D eigenvalue weighted by atomic mass is 9.85. The van der Waals surface area contributed by atoms with Crippen molar-refractivity contribution in [3.63, 3.8) is 0 Å². The van der Waals surface area contributed by atoms with E-state index < -0.39 is 17.0 Å². The third-order valence-electron chi connectivity index (χ3n) is 4.00. The molecular weight excluding hydrogens is 285 g/mol. The summed E-state index contributed by atoms with van der Waals surface area (Å²) in [6, 6.07) is 4.29. The van der Waals surface area contributed by atoms with E-state index in [1.807, 2.05) is 0 Å². The fraction of sp³-hybridized carbons (Fsp3) is 0.571. The Morgan fingerprint density at radius 1 is 1.33 bits per heavy atom. The van der Waals surface area contributed by atoms with Gasteiger partial charge >= 0.3 is 6.18 Å². The van der Waals surface area contributed by atoms with Gasteiger partial charge in [0.05, 0.1) is 10.8 Å². The summed E-state index contributed by atoms with van der Waals surface area (Å²) >= 11 is 0. The second-order valence-corrected chi connectivity index (χ2v) is 5.45. The van der Waals surface area contributed by atoms with E-state index >= 15 is 0 Å². The van der Waals surface area contributed by atoms with Gasteiger partial charge in [-0.25, -0.2) is 0 Å². The molecule has 1 aliphatic carbocycles. The van der Waals surface area contributed by atoms with Crippen LogP contribution in [0.1, 0.15) is 31.2 Å². The molecule has 1 aliphatic rings. The van der Waals surface area contributed by atoms with Crippen LogP contribution in [0.3, 0.4) is 0 Å². The van der Waals surface area contributed by atoms with Gasteiger partial charge in [0.15, 0.2) is 0 Å². The molecule has 1 saturated carbocycles. The van der Waals surface area contributed by atoms with E-state index in [9.17, 15) is 23.3 Å². The number of anilines is 1. The smallest absolute Gasteiger partial charge is 0.382 e. The fourth-order valence-corrected chi connectivity index (χ4v) is 2.82. The predicted octanol–water partition coefficient (Wildman–Crippen LogP) is 4.44. The van der Waals surface area contributed by atoms with Gasteiger partial charge in [0.25, 0.3) is 5.69 Å². The van der Waals surface area contributed by atoms with Crippen molar-refractivity contribution < 1.29 is 18.1 Å². The molecule has 1 aromatic rings. The minimum Gasteiger partial charge on any atom is -0.382 e. The number of nitro benzene ring substituents is 1. The first-order chi connectivity index (χ1) is 9.79. The standard InChI is InChI=1S/C14H17F3N2O2/c1-9-12(6-3-7-13(9)19(20)21)18-11-5-2-4-10(8-11)14(15,16)17/h3,6-7,10-11,18H,2,4-5,8H2,1H3. The molecule has 0 aliphatic heterocycles. The Hall–Kier alpha value is -1.79. The number of halogens is 3. The molecule has 21 heavy (non-hydrogen) atoms. The highest BCUT2D eigenvalue weighted by atomic mass is 19.4. The van der Waals surface area contributed by atoms with Gasteiger partial charge in [-0.05, 0) is 32.3 Å². The molecule has 2 rings (SSSR count). The Kier molecular flexibility index (Phi) is 4.39. The molecular formula is C14H17F3N2O2. The van der Waals surface area contributed by atoms with E-state index in [0.29, 0.717) is 24.1 Å². The Morgan fingerprint density at radius 3 is 2.67 bits per heavy atom. The molecule has 2 unspecified atom stereocenters. The van der Waals surface area contributed by atoms with Crippen LogP contribution in [0.15, 0.2) is 18.2 Å². The van der Waals surface area contributed by atoms with Gasteiger partial charge in [-0.15, -0.1) is 0 Å². The van der Waals surface area contributed by atoms with Gasteiger partial charge in [0.2, 0.25) is 0 Å². The molecule has 4 nitrogen and oxygen atoms in total. The molecule has 0 heterocycles. The maximum atomic E-state index is 12.8. The highest BCUT2D eigenvalue weighted by Crippen LogP contribution is 2.38. The molecule has 0 bridgehead atoms. The number of hydrogen-bond acceptors (Lipinski definition) is 3. The second kappa shape index (κ2) is 5.91. The van der Waals surface area contributed by atoms with Crippen LogP contribution < -0.4 is 5.32 Å². The van der Waals surface area contributed by atoms with E-state index in [4.69, 9.17) is 0 Å². The zero-order valence-electron chi connectivity index (χ0n) is 11.6. The summed E-state index contributed by atoms with van der Waals surface area (Å²) < 4.78 is 38.4. The number of nitrogens with zero attached hydrogens (tertiary/aromatic N) is 1. The van der Waals surface area contributed by atoms with Crippen LogP contribution in [0, 0.1) is 23.0 Å². The molecule has 0 amide bonds. The third kappa shape index (κ3) is 3.65. The maximum Gasteiger partial charge on any atom is 0.391 e. The van der Waals surface area contributed by atoms with Crippen LogP contribution >= 0.6 is 0 Å². The summed E-state index contributed by atoms with van der Waals surface area (Å²) in [7, 11) is 0. The lowest BCUT2D eigenvalue weighted by Gasteiger charge is -2.31. The zero-order valence-corrected chi connectivity index (χ0v) is 11.6. The maximum absolute atomic E-state index is 12.8. The van der Waals surface area contributed by atoms with Crippen molar-refractivity contribution in [3.05, 3.63) is 33.9 Å². The quantitative estimate of drug-likeness (QED) is 0.663. The Bertz CT molecular complexity index is 531. The second-order valence-electron chi connectivity index (χ2n) is 5.45.